The first-order valence-corrected chi connectivity index (χ1v) is 8.62. The number of nitrogens with one attached hydrogen (secondary N) is 1. The molecule has 3 unspecified atom stereocenters. The van der Waals surface area contributed by atoms with E-state index in [4.69, 9.17) is 4.74 Å². The maximum absolute atomic E-state index is 10.0. The Hall–Kier alpha value is -0.710. The van der Waals surface area contributed by atoms with Crippen molar-refractivity contribution in [1.82, 2.24) is 5.32 Å². The standard InChI is InChI=1S/C16H25NO2S/c1-12-6-3-4-8-15(12)19-11-13(18)10-17-14-7-5-9-16(14)20-2/h3-4,6,8,13-14,16-18H,5,7,9-11H2,1-2H3. The van der Waals surface area contributed by atoms with Gasteiger partial charge in [-0.15, -0.1) is 0 Å². The molecule has 4 heteroatoms. The number of rotatable bonds is 7. The minimum Gasteiger partial charge on any atom is -0.491 e. The van der Waals surface area contributed by atoms with E-state index >= 15 is 0 Å². The van der Waals surface area contributed by atoms with E-state index < -0.39 is 6.10 Å². The molecule has 3 nitrogen and oxygen atoms in total. The Balaban J connectivity index is 1.70. The number of aliphatic hydroxyl groups excluding tert-OH is 1. The third-order valence-corrected chi connectivity index (χ3v) is 5.07. The molecular weight excluding hydrogens is 270 g/mol. The highest BCUT2D eigenvalue weighted by atomic mass is 32.2. The van der Waals surface area contributed by atoms with Crippen molar-refractivity contribution >= 4 is 11.8 Å². The molecule has 1 saturated carbocycles. The van der Waals surface area contributed by atoms with Crippen LogP contribution in [0.15, 0.2) is 24.3 Å². The largest absolute Gasteiger partial charge is 0.491 e. The smallest absolute Gasteiger partial charge is 0.122 e. The van der Waals surface area contributed by atoms with E-state index in [0.717, 1.165) is 11.3 Å². The second kappa shape index (κ2) is 7.91. The molecule has 0 saturated heterocycles. The van der Waals surface area contributed by atoms with Gasteiger partial charge in [0.25, 0.3) is 0 Å². The molecule has 0 heterocycles. The first kappa shape index (κ1) is 15.7. The molecule has 0 bridgehead atoms. The Bertz CT molecular complexity index is 413. The fourth-order valence-corrected chi connectivity index (χ4v) is 3.66. The predicted octanol–water partition coefficient (Wildman–Crippen LogP) is 2.61. The van der Waals surface area contributed by atoms with Crippen molar-refractivity contribution in [2.75, 3.05) is 19.4 Å². The van der Waals surface area contributed by atoms with Crippen LogP contribution in [0.3, 0.4) is 0 Å². The Morgan fingerprint density at radius 3 is 2.95 bits per heavy atom. The maximum atomic E-state index is 10.0. The van der Waals surface area contributed by atoms with Crippen molar-refractivity contribution in [2.24, 2.45) is 0 Å². The van der Waals surface area contributed by atoms with Crippen LogP contribution in [0.25, 0.3) is 0 Å². The van der Waals surface area contributed by atoms with Crippen LogP contribution in [0, 0.1) is 6.92 Å². The SMILES string of the molecule is CSC1CCCC1NCC(O)COc1ccccc1C. The first-order valence-electron chi connectivity index (χ1n) is 7.33. The summed E-state index contributed by atoms with van der Waals surface area (Å²) in [6.07, 6.45) is 5.50. The van der Waals surface area contributed by atoms with E-state index in [9.17, 15) is 5.11 Å². The van der Waals surface area contributed by atoms with Gasteiger partial charge < -0.3 is 15.2 Å². The number of aryl methyl sites for hydroxylation is 1. The van der Waals surface area contributed by atoms with Gasteiger partial charge in [-0.3, -0.25) is 0 Å². The molecule has 3 atom stereocenters. The Kier molecular flexibility index (Phi) is 6.20. The third kappa shape index (κ3) is 4.40. The van der Waals surface area contributed by atoms with E-state index in [0.29, 0.717) is 24.4 Å². The van der Waals surface area contributed by atoms with Crippen molar-refractivity contribution in [3.05, 3.63) is 29.8 Å². The molecule has 20 heavy (non-hydrogen) atoms. The van der Waals surface area contributed by atoms with Crippen LogP contribution >= 0.6 is 11.8 Å². The van der Waals surface area contributed by atoms with E-state index in [1.807, 2.05) is 43.0 Å². The van der Waals surface area contributed by atoms with Gasteiger partial charge in [-0.25, -0.2) is 0 Å². The zero-order valence-electron chi connectivity index (χ0n) is 12.3. The van der Waals surface area contributed by atoms with Gasteiger partial charge in [0, 0.05) is 17.8 Å². The second-order valence-corrected chi connectivity index (χ2v) is 6.53. The van der Waals surface area contributed by atoms with Crippen LogP contribution < -0.4 is 10.1 Å². The zero-order chi connectivity index (χ0) is 14.4. The average Bonchev–Trinajstić information content (AvgIpc) is 2.91. The number of hydrogen-bond donors (Lipinski definition) is 2. The van der Waals surface area contributed by atoms with Crippen molar-refractivity contribution in [1.29, 1.82) is 0 Å². The summed E-state index contributed by atoms with van der Waals surface area (Å²) in [4.78, 5) is 0. The highest BCUT2D eigenvalue weighted by Crippen LogP contribution is 2.28. The predicted molar refractivity (Wildman–Crippen MR) is 85.6 cm³/mol. The highest BCUT2D eigenvalue weighted by Gasteiger charge is 2.26. The van der Waals surface area contributed by atoms with Gasteiger partial charge >= 0.3 is 0 Å². The molecule has 1 fully saturated rings. The van der Waals surface area contributed by atoms with Crippen LogP contribution in [0.4, 0.5) is 0 Å². The lowest BCUT2D eigenvalue weighted by molar-refractivity contribution is 0.103. The maximum Gasteiger partial charge on any atom is 0.122 e. The van der Waals surface area contributed by atoms with Crippen LogP contribution in [0.5, 0.6) is 5.75 Å². The summed E-state index contributed by atoms with van der Waals surface area (Å²) < 4.78 is 5.67. The summed E-state index contributed by atoms with van der Waals surface area (Å²) in [6, 6.07) is 8.44. The quantitative estimate of drug-likeness (QED) is 0.811. The summed E-state index contributed by atoms with van der Waals surface area (Å²) in [5, 5.41) is 14.2. The Morgan fingerprint density at radius 1 is 1.40 bits per heavy atom. The molecule has 112 valence electrons. The number of benzene rings is 1. The molecule has 0 aliphatic heterocycles. The number of thioether (sulfide) groups is 1. The second-order valence-electron chi connectivity index (χ2n) is 5.45. The van der Waals surface area contributed by atoms with Crippen LogP contribution in [0.2, 0.25) is 0 Å². The topological polar surface area (TPSA) is 41.5 Å². The van der Waals surface area contributed by atoms with Crippen LogP contribution in [-0.2, 0) is 0 Å². The Morgan fingerprint density at radius 2 is 2.20 bits per heavy atom. The molecule has 1 aliphatic rings. The molecule has 0 radical (unpaired) electrons. The highest BCUT2D eigenvalue weighted by molar-refractivity contribution is 7.99. The molecular formula is C16H25NO2S. The Labute approximate surface area is 126 Å². The number of para-hydroxylation sites is 1. The normalized spacial score (nSPS) is 23.8. The van der Waals surface area contributed by atoms with E-state index in [2.05, 4.69) is 11.6 Å². The third-order valence-electron chi connectivity index (χ3n) is 3.90. The molecule has 1 aromatic rings. The molecule has 0 spiro atoms. The minimum atomic E-state index is -0.460. The molecule has 2 N–H and O–H groups in total. The summed E-state index contributed by atoms with van der Waals surface area (Å²) in [6.45, 7) is 2.96. The lowest BCUT2D eigenvalue weighted by atomic mass is 10.2. The van der Waals surface area contributed by atoms with Crippen molar-refractivity contribution in [2.45, 2.75) is 43.6 Å². The van der Waals surface area contributed by atoms with E-state index in [1.54, 1.807) is 0 Å². The lowest BCUT2D eigenvalue weighted by Gasteiger charge is -2.21. The van der Waals surface area contributed by atoms with Gasteiger partial charge in [0.15, 0.2) is 0 Å². The summed E-state index contributed by atoms with van der Waals surface area (Å²) in [7, 11) is 0. The lowest BCUT2D eigenvalue weighted by Crippen LogP contribution is -2.40. The number of hydrogen-bond acceptors (Lipinski definition) is 4. The summed E-state index contributed by atoms with van der Waals surface area (Å²) >= 11 is 1.93. The molecule has 1 aromatic carbocycles. The molecule has 0 amide bonds. The van der Waals surface area contributed by atoms with Crippen LogP contribution in [0.1, 0.15) is 24.8 Å². The van der Waals surface area contributed by atoms with Gasteiger partial charge in [-0.2, -0.15) is 11.8 Å². The van der Waals surface area contributed by atoms with Gasteiger partial charge in [-0.1, -0.05) is 24.6 Å². The van der Waals surface area contributed by atoms with Gasteiger partial charge in [0.05, 0.1) is 0 Å². The van der Waals surface area contributed by atoms with E-state index in [1.165, 1.54) is 19.3 Å². The fourth-order valence-electron chi connectivity index (χ4n) is 2.69. The fraction of sp³-hybridized carbons (Fsp3) is 0.625. The molecule has 1 aliphatic carbocycles. The monoisotopic (exact) mass is 295 g/mol. The van der Waals surface area contributed by atoms with Gasteiger partial charge in [-0.05, 0) is 37.7 Å². The average molecular weight is 295 g/mol. The van der Waals surface area contributed by atoms with E-state index in [-0.39, 0.29) is 0 Å². The summed E-state index contributed by atoms with van der Waals surface area (Å²) in [5.41, 5.74) is 1.10. The van der Waals surface area contributed by atoms with Crippen molar-refractivity contribution < 1.29 is 9.84 Å². The number of aliphatic hydroxyl groups is 1. The number of ether oxygens (including phenoxy) is 1. The van der Waals surface area contributed by atoms with Crippen molar-refractivity contribution in [3.8, 4) is 5.75 Å². The first-order chi connectivity index (χ1) is 9.70. The minimum absolute atomic E-state index is 0.342. The molecule has 2 rings (SSSR count). The summed E-state index contributed by atoms with van der Waals surface area (Å²) in [5.74, 6) is 0.856. The van der Waals surface area contributed by atoms with Crippen LogP contribution in [-0.4, -0.2) is 41.9 Å². The van der Waals surface area contributed by atoms with Gasteiger partial charge in [0.2, 0.25) is 0 Å². The van der Waals surface area contributed by atoms with Crippen molar-refractivity contribution in [3.63, 3.8) is 0 Å². The van der Waals surface area contributed by atoms with Gasteiger partial charge in [0.1, 0.15) is 18.5 Å². The molecule has 0 aromatic heterocycles. The zero-order valence-corrected chi connectivity index (χ0v) is 13.2.